The van der Waals surface area contributed by atoms with E-state index in [9.17, 15) is 22.8 Å². The van der Waals surface area contributed by atoms with Crippen molar-refractivity contribution in [3.05, 3.63) is 62.6 Å². The number of ether oxygens (including phenoxy) is 1. The Morgan fingerprint density at radius 2 is 2.00 bits per heavy atom. The molecule has 0 aliphatic rings. The van der Waals surface area contributed by atoms with Crippen LogP contribution in [0, 0.1) is 0 Å². The number of carboxylic acid groups (broad SMARTS) is 1. The van der Waals surface area contributed by atoms with Gasteiger partial charge in [-0.15, -0.1) is 0 Å². The molecular weight excluding hydrogens is 469 g/mol. The fourth-order valence-electron chi connectivity index (χ4n) is 1.99. The number of aliphatic carboxylic acids is 1. The number of hydrazone groups is 1. The van der Waals surface area contributed by atoms with Crippen LogP contribution in [0.3, 0.4) is 0 Å². The van der Waals surface area contributed by atoms with Crippen LogP contribution in [0.15, 0.2) is 46.0 Å². The number of halogens is 5. The van der Waals surface area contributed by atoms with Gasteiger partial charge in [0.15, 0.2) is 12.4 Å². The van der Waals surface area contributed by atoms with Crippen molar-refractivity contribution in [2.75, 3.05) is 6.61 Å². The SMILES string of the molecule is O=C(O)COc1c(Cl)cc(/C=N\NC(=O)c2cccc(C(F)(F)F)c2)cc1Br. The summed E-state index contributed by atoms with van der Waals surface area (Å²) in [5.74, 6) is -1.88. The van der Waals surface area contributed by atoms with E-state index in [0.29, 0.717) is 16.1 Å². The van der Waals surface area contributed by atoms with Crippen molar-refractivity contribution in [2.45, 2.75) is 6.18 Å². The highest BCUT2D eigenvalue weighted by Crippen LogP contribution is 2.34. The number of alkyl halides is 3. The summed E-state index contributed by atoms with van der Waals surface area (Å²) >= 11 is 9.19. The van der Waals surface area contributed by atoms with Crippen LogP contribution in [0.1, 0.15) is 21.5 Å². The first-order valence-electron chi connectivity index (χ1n) is 7.42. The minimum atomic E-state index is -4.56. The predicted octanol–water partition coefficient (Wildman–Crippen LogP) is 4.35. The molecule has 0 saturated heterocycles. The van der Waals surface area contributed by atoms with Gasteiger partial charge in [-0.25, -0.2) is 10.2 Å². The first-order valence-corrected chi connectivity index (χ1v) is 8.59. The Morgan fingerprint density at radius 1 is 1.29 bits per heavy atom. The number of hydrogen-bond acceptors (Lipinski definition) is 4. The number of benzene rings is 2. The number of hydrogen-bond donors (Lipinski definition) is 2. The van der Waals surface area contributed by atoms with Gasteiger partial charge in [0.2, 0.25) is 0 Å². The minimum absolute atomic E-state index is 0.0984. The van der Waals surface area contributed by atoms with Gasteiger partial charge in [0.05, 0.1) is 21.3 Å². The molecule has 1 amide bonds. The zero-order valence-corrected chi connectivity index (χ0v) is 16.1. The lowest BCUT2D eigenvalue weighted by atomic mass is 10.1. The Hall–Kier alpha value is -2.59. The van der Waals surface area contributed by atoms with Crippen molar-refractivity contribution in [2.24, 2.45) is 5.10 Å². The molecule has 0 fully saturated rings. The van der Waals surface area contributed by atoms with Gasteiger partial charge in [-0.05, 0) is 51.8 Å². The smallest absolute Gasteiger partial charge is 0.416 e. The van der Waals surface area contributed by atoms with E-state index in [-0.39, 0.29) is 16.3 Å². The minimum Gasteiger partial charge on any atom is -0.479 e. The van der Waals surface area contributed by atoms with E-state index in [0.717, 1.165) is 12.1 Å². The molecule has 0 atom stereocenters. The molecule has 148 valence electrons. The largest absolute Gasteiger partial charge is 0.479 e. The first kappa shape index (κ1) is 21.7. The van der Waals surface area contributed by atoms with Gasteiger partial charge in [-0.2, -0.15) is 18.3 Å². The molecule has 0 aromatic heterocycles. The lowest BCUT2D eigenvalue weighted by Gasteiger charge is -2.09. The second-order valence-corrected chi connectivity index (χ2v) is 6.54. The highest BCUT2D eigenvalue weighted by atomic mass is 79.9. The maximum Gasteiger partial charge on any atom is 0.416 e. The van der Waals surface area contributed by atoms with Gasteiger partial charge in [0.1, 0.15) is 0 Å². The summed E-state index contributed by atoms with van der Waals surface area (Å²) < 4.78 is 43.5. The first-order chi connectivity index (χ1) is 13.1. The Kier molecular flexibility index (Phi) is 7.03. The van der Waals surface area contributed by atoms with E-state index < -0.39 is 30.2 Å². The monoisotopic (exact) mass is 478 g/mol. The van der Waals surface area contributed by atoms with Crippen LogP contribution < -0.4 is 10.2 Å². The summed E-state index contributed by atoms with van der Waals surface area (Å²) in [5.41, 5.74) is 1.38. The molecule has 11 heteroatoms. The Bertz CT molecular complexity index is 912. The maximum absolute atomic E-state index is 12.7. The molecule has 2 aromatic carbocycles. The van der Waals surface area contributed by atoms with Crippen LogP contribution in [-0.4, -0.2) is 29.8 Å². The Labute approximate surface area is 170 Å². The summed E-state index contributed by atoms with van der Waals surface area (Å²) in [7, 11) is 0. The van der Waals surface area contributed by atoms with Crippen LogP contribution in [0.5, 0.6) is 5.75 Å². The van der Waals surface area contributed by atoms with E-state index in [1.165, 1.54) is 24.4 Å². The molecule has 28 heavy (non-hydrogen) atoms. The molecule has 2 rings (SSSR count). The molecule has 0 spiro atoms. The average Bonchev–Trinajstić information content (AvgIpc) is 2.60. The summed E-state index contributed by atoms with van der Waals surface area (Å²) in [6.45, 7) is -0.585. The van der Waals surface area contributed by atoms with Crippen molar-refractivity contribution in [3.8, 4) is 5.75 Å². The average molecular weight is 480 g/mol. The predicted molar refractivity (Wildman–Crippen MR) is 98.8 cm³/mol. The lowest BCUT2D eigenvalue weighted by Crippen LogP contribution is -2.18. The van der Waals surface area contributed by atoms with Gasteiger partial charge in [-0.1, -0.05) is 17.7 Å². The Morgan fingerprint density at radius 3 is 2.61 bits per heavy atom. The van der Waals surface area contributed by atoms with Gasteiger partial charge in [-0.3, -0.25) is 4.79 Å². The van der Waals surface area contributed by atoms with Gasteiger partial charge < -0.3 is 9.84 Å². The number of carbonyl (C=O) groups is 2. The van der Waals surface area contributed by atoms with Crippen LogP contribution in [0.25, 0.3) is 0 Å². The second-order valence-electron chi connectivity index (χ2n) is 5.27. The van der Waals surface area contributed by atoms with E-state index in [1.807, 2.05) is 0 Å². The summed E-state index contributed by atoms with van der Waals surface area (Å²) in [5, 5.41) is 12.4. The van der Waals surface area contributed by atoms with E-state index in [2.05, 4.69) is 26.5 Å². The maximum atomic E-state index is 12.7. The van der Waals surface area contributed by atoms with E-state index in [1.54, 1.807) is 0 Å². The number of amides is 1. The lowest BCUT2D eigenvalue weighted by molar-refractivity contribution is -0.139. The van der Waals surface area contributed by atoms with E-state index in [4.69, 9.17) is 21.4 Å². The van der Waals surface area contributed by atoms with Crippen LogP contribution in [0.2, 0.25) is 5.02 Å². The molecular formula is C17H11BrClF3N2O4. The number of carbonyl (C=O) groups excluding carboxylic acids is 1. The third-order valence-electron chi connectivity index (χ3n) is 3.19. The third-order valence-corrected chi connectivity index (χ3v) is 4.06. The molecule has 2 aromatic rings. The number of nitrogens with zero attached hydrogens (tertiary/aromatic N) is 1. The molecule has 6 nitrogen and oxygen atoms in total. The molecule has 0 bridgehead atoms. The van der Waals surface area contributed by atoms with Gasteiger partial charge in [0, 0.05) is 5.56 Å². The normalized spacial score (nSPS) is 11.5. The van der Waals surface area contributed by atoms with Crippen LogP contribution in [0.4, 0.5) is 13.2 Å². The van der Waals surface area contributed by atoms with Crippen molar-refractivity contribution in [1.29, 1.82) is 0 Å². The number of rotatable bonds is 6. The van der Waals surface area contributed by atoms with Crippen molar-refractivity contribution in [3.63, 3.8) is 0 Å². The topological polar surface area (TPSA) is 88.0 Å². The van der Waals surface area contributed by atoms with Gasteiger partial charge >= 0.3 is 12.1 Å². The van der Waals surface area contributed by atoms with Gasteiger partial charge in [0.25, 0.3) is 5.91 Å². The van der Waals surface area contributed by atoms with Crippen LogP contribution in [-0.2, 0) is 11.0 Å². The summed E-state index contributed by atoms with van der Waals surface area (Å²) in [6.07, 6.45) is -3.35. The Balaban J connectivity index is 2.08. The van der Waals surface area contributed by atoms with Crippen molar-refractivity contribution in [1.82, 2.24) is 5.43 Å². The van der Waals surface area contributed by atoms with Crippen molar-refractivity contribution < 1.29 is 32.6 Å². The molecule has 0 aliphatic heterocycles. The molecule has 0 saturated carbocycles. The molecule has 0 heterocycles. The molecule has 0 unspecified atom stereocenters. The molecule has 0 radical (unpaired) electrons. The molecule has 0 aliphatic carbocycles. The fraction of sp³-hybridized carbons (Fsp3) is 0.118. The number of nitrogens with one attached hydrogen (secondary N) is 1. The quantitative estimate of drug-likeness (QED) is 0.476. The molecule has 2 N–H and O–H groups in total. The van der Waals surface area contributed by atoms with E-state index >= 15 is 0 Å². The zero-order valence-electron chi connectivity index (χ0n) is 13.8. The summed E-state index contributed by atoms with van der Waals surface area (Å²) in [4.78, 5) is 22.5. The highest BCUT2D eigenvalue weighted by molar-refractivity contribution is 9.10. The zero-order chi connectivity index (χ0) is 20.9. The summed E-state index contributed by atoms with van der Waals surface area (Å²) in [6, 6.07) is 6.82. The number of carboxylic acids is 1. The van der Waals surface area contributed by atoms with Crippen molar-refractivity contribution >= 4 is 45.6 Å². The standard InChI is InChI=1S/C17H11BrClF3N2O4/c18-12-4-9(5-13(19)15(12)28-8-14(25)26)7-23-24-16(27)10-2-1-3-11(6-10)17(20,21)22/h1-7H,8H2,(H,24,27)(H,25,26)/b23-7-. The van der Waals surface area contributed by atoms with Crippen LogP contribution >= 0.6 is 27.5 Å². The second kappa shape index (κ2) is 9.07. The fourth-order valence-corrected chi connectivity index (χ4v) is 2.98. The highest BCUT2D eigenvalue weighted by Gasteiger charge is 2.30. The third kappa shape index (κ3) is 5.96.